The second-order valence-electron chi connectivity index (χ2n) is 7.88. The summed E-state index contributed by atoms with van der Waals surface area (Å²) < 4.78 is 5.34. The van der Waals surface area contributed by atoms with Crippen LogP contribution in [0.1, 0.15) is 36.7 Å². The smallest absolute Gasteiger partial charge is 0.410 e. The zero-order valence-corrected chi connectivity index (χ0v) is 16.0. The van der Waals surface area contributed by atoms with Gasteiger partial charge < -0.3 is 25.6 Å². The fourth-order valence-corrected chi connectivity index (χ4v) is 3.14. The SMILES string of the molecule is CC(C)(C)OC(=O)N1CC(C#N)C(NC(=O)c2ccc3c(c2)NC(=O)NC3)C1. The highest BCUT2D eigenvalue weighted by atomic mass is 16.6. The van der Waals surface area contributed by atoms with Gasteiger partial charge >= 0.3 is 12.1 Å². The van der Waals surface area contributed by atoms with Crippen molar-refractivity contribution in [2.24, 2.45) is 5.92 Å². The van der Waals surface area contributed by atoms with Crippen molar-refractivity contribution in [2.75, 3.05) is 18.4 Å². The predicted molar refractivity (Wildman–Crippen MR) is 100 cm³/mol. The molecule has 1 fully saturated rings. The molecular weight excluding hydrogens is 362 g/mol. The number of rotatable bonds is 2. The molecule has 2 aliphatic heterocycles. The van der Waals surface area contributed by atoms with E-state index in [1.54, 1.807) is 39.0 Å². The first-order valence-electron chi connectivity index (χ1n) is 9.02. The Labute approximate surface area is 163 Å². The largest absolute Gasteiger partial charge is 0.444 e. The van der Waals surface area contributed by atoms with Crippen LogP contribution in [0.15, 0.2) is 18.2 Å². The van der Waals surface area contributed by atoms with Gasteiger partial charge in [-0.2, -0.15) is 5.26 Å². The van der Waals surface area contributed by atoms with Gasteiger partial charge in [-0.15, -0.1) is 0 Å². The van der Waals surface area contributed by atoms with Gasteiger partial charge in [0.1, 0.15) is 5.60 Å². The van der Waals surface area contributed by atoms with Gasteiger partial charge in [-0.25, -0.2) is 9.59 Å². The van der Waals surface area contributed by atoms with Gasteiger partial charge in [-0.3, -0.25) is 4.79 Å². The molecule has 2 atom stereocenters. The average Bonchev–Trinajstić information content (AvgIpc) is 3.02. The second kappa shape index (κ2) is 7.38. The number of hydrogen-bond donors (Lipinski definition) is 3. The number of ether oxygens (including phenoxy) is 1. The first kappa shape index (κ1) is 19.5. The minimum absolute atomic E-state index is 0.197. The molecule has 0 radical (unpaired) electrons. The van der Waals surface area contributed by atoms with Gasteiger partial charge in [0.15, 0.2) is 0 Å². The minimum Gasteiger partial charge on any atom is -0.444 e. The summed E-state index contributed by atoms with van der Waals surface area (Å²) in [5, 5.41) is 17.5. The molecule has 3 N–H and O–H groups in total. The number of urea groups is 1. The van der Waals surface area contributed by atoms with E-state index >= 15 is 0 Å². The van der Waals surface area contributed by atoms with Crippen LogP contribution in [0.25, 0.3) is 0 Å². The molecule has 28 heavy (non-hydrogen) atoms. The van der Waals surface area contributed by atoms with Gasteiger partial charge in [0.2, 0.25) is 0 Å². The van der Waals surface area contributed by atoms with Crippen LogP contribution in [0.2, 0.25) is 0 Å². The van der Waals surface area contributed by atoms with E-state index in [0.717, 1.165) is 5.56 Å². The van der Waals surface area contributed by atoms with Gasteiger partial charge in [0.25, 0.3) is 5.91 Å². The van der Waals surface area contributed by atoms with Gasteiger partial charge in [0, 0.05) is 30.9 Å². The van der Waals surface area contributed by atoms with Crippen LogP contribution in [-0.2, 0) is 11.3 Å². The highest BCUT2D eigenvalue weighted by Gasteiger charge is 2.38. The van der Waals surface area contributed by atoms with E-state index in [-0.39, 0.29) is 25.0 Å². The van der Waals surface area contributed by atoms with Crippen molar-refractivity contribution in [1.29, 1.82) is 5.26 Å². The predicted octanol–water partition coefficient (Wildman–Crippen LogP) is 1.81. The monoisotopic (exact) mass is 385 g/mol. The summed E-state index contributed by atoms with van der Waals surface area (Å²) in [5.74, 6) is -0.898. The topological polar surface area (TPSA) is 124 Å². The molecule has 3 rings (SSSR count). The summed E-state index contributed by atoms with van der Waals surface area (Å²) in [6, 6.07) is 6.35. The first-order valence-corrected chi connectivity index (χ1v) is 9.02. The maximum atomic E-state index is 12.7. The average molecular weight is 385 g/mol. The number of amides is 4. The van der Waals surface area contributed by atoms with E-state index in [1.165, 1.54) is 4.90 Å². The number of nitrogens with zero attached hydrogens (tertiary/aromatic N) is 2. The molecule has 0 aliphatic carbocycles. The van der Waals surface area contributed by atoms with Crippen LogP contribution in [0.4, 0.5) is 15.3 Å². The van der Waals surface area contributed by atoms with Crippen molar-refractivity contribution < 1.29 is 19.1 Å². The summed E-state index contributed by atoms with van der Waals surface area (Å²) in [6.07, 6.45) is -0.506. The van der Waals surface area contributed by atoms with Crippen molar-refractivity contribution >= 4 is 23.7 Å². The van der Waals surface area contributed by atoms with E-state index in [9.17, 15) is 19.6 Å². The molecule has 2 aliphatic rings. The van der Waals surface area contributed by atoms with Crippen LogP contribution in [0.3, 0.4) is 0 Å². The maximum absolute atomic E-state index is 12.7. The number of benzene rings is 1. The summed E-state index contributed by atoms with van der Waals surface area (Å²) in [4.78, 5) is 37.8. The third kappa shape index (κ3) is 4.34. The minimum atomic E-state index is -0.636. The fraction of sp³-hybridized carbons (Fsp3) is 0.474. The summed E-state index contributed by atoms with van der Waals surface area (Å²) in [5.41, 5.74) is 1.19. The molecule has 148 valence electrons. The molecule has 0 aromatic heterocycles. The van der Waals surface area contributed by atoms with E-state index in [1.807, 2.05) is 0 Å². The van der Waals surface area contributed by atoms with Crippen LogP contribution in [0.5, 0.6) is 0 Å². The maximum Gasteiger partial charge on any atom is 0.410 e. The molecule has 1 aromatic carbocycles. The molecular formula is C19H23N5O4. The number of fused-ring (bicyclic) bond motifs is 1. The Morgan fingerprint density at radius 2 is 2.07 bits per heavy atom. The van der Waals surface area contributed by atoms with Crippen molar-refractivity contribution in [3.63, 3.8) is 0 Å². The molecule has 0 saturated carbocycles. The van der Waals surface area contributed by atoms with Gasteiger partial charge in [-0.1, -0.05) is 6.07 Å². The van der Waals surface area contributed by atoms with Crippen molar-refractivity contribution in [3.05, 3.63) is 29.3 Å². The molecule has 9 nitrogen and oxygen atoms in total. The highest BCUT2D eigenvalue weighted by molar-refractivity contribution is 5.98. The highest BCUT2D eigenvalue weighted by Crippen LogP contribution is 2.23. The number of nitriles is 1. The van der Waals surface area contributed by atoms with E-state index in [4.69, 9.17) is 4.74 Å². The Bertz CT molecular complexity index is 855. The molecule has 0 spiro atoms. The molecule has 9 heteroatoms. The molecule has 4 amide bonds. The Balaban J connectivity index is 1.68. The second-order valence-corrected chi connectivity index (χ2v) is 7.88. The summed E-state index contributed by atoms with van der Waals surface area (Å²) >= 11 is 0. The normalized spacial score (nSPS) is 21.1. The lowest BCUT2D eigenvalue weighted by Gasteiger charge is -2.24. The van der Waals surface area contributed by atoms with Crippen LogP contribution < -0.4 is 16.0 Å². The molecule has 2 heterocycles. The standard InChI is InChI=1S/C19H23N5O4/c1-19(2,3)28-18(27)24-9-13(7-20)15(10-24)22-16(25)11-4-5-12-8-21-17(26)23-14(12)6-11/h4-6,13,15H,8-10H2,1-3H3,(H,22,25)(H2,21,23,26). The zero-order chi connectivity index (χ0) is 20.5. The Kier molecular flexibility index (Phi) is 5.14. The number of nitrogens with one attached hydrogen (secondary N) is 3. The third-order valence-corrected chi connectivity index (χ3v) is 4.51. The van der Waals surface area contributed by atoms with E-state index < -0.39 is 23.7 Å². The first-order chi connectivity index (χ1) is 13.2. The van der Waals surface area contributed by atoms with Gasteiger partial charge in [-0.05, 0) is 38.5 Å². The number of carbonyl (C=O) groups excluding carboxylic acids is 3. The summed E-state index contributed by atoms with van der Waals surface area (Å²) in [7, 11) is 0. The fourth-order valence-electron chi connectivity index (χ4n) is 3.14. The Morgan fingerprint density at radius 3 is 2.75 bits per heavy atom. The Hall–Kier alpha value is -3.28. The number of hydrogen-bond acceptors (Lipinski definition) is 5. The number of anilines is 1. The lowest BCUT2D eigenvalue weighted by molar-refractivity contribution is 0.0287. The lowest BCUT2D eigenvalue weighted by Crippen LogP contribution is -2.41. The van der Waals surface area contributed by atoms with Crippen LogP contribution in [0, 0.1) is 17.2 Å². The quantitative estimate of drug-likeness (QED) is 0.716. The van der Waals surface area contributed by atoms with Crippen LogP contribution in [-0.4, -0.2) is 47.7 Å². The Morgan fingerprint density at radius 1 is 1.32 bits per heavy atom. The van der Waals surface area contributed by atoms with Crippen LogP contribution >= 0.6 is 0 Å². The molecule has 2 unspecified atom stereocenters. The summed E-state index contributed by atoms with van der Waals surface area (Å²) in [6.45, 7) is 6.10. The third-order valence-electron chi connectivity index (χ3n) is 4.51. The molecule has 1 saturated heterocycles. The van der Waals surface area contributed by atoms with Gasteiger partial charge in [0.05, 0.1) is 18.0 Å². The molecule has 1 aromatic rings. The van der Waals surface area contributed by atoms with E-state index in [0.29, 0.717) is 17.8 Å². The lowest BCUT2D eigenvalue weighted by atomic mass is 10.0. The number of carbonyl (C=O) groups is 3. The molecule has 0 bridgehead atoms. The van der Waals surface area contributed by atoms with Crippen molar-refractivity contribution in [2.45, 2.75) is 39.0 Å². The number of likely N-dealkylation sites (tertiary alicyclic amines) is 1. The van der Waals surface area contributed by atoms with Crippen molar-refractivity contribution in [1.82, 2.24) is 15.5 Å². The zero-order valence-electron chi connectivity index (χ0n) is 16.0. The van der Waals surface area contributed by atoms with Crippen molar-refractivity contribution in [3.8, 4) is 6.07 Å². The van der Waals surface area contributed by atoms with E-state index in [2.05, 4.69) is 22.0 Å².